The van der Waals surface area contributed by atoms with E-state index in [-0.39, 0.29) is 24.0 Å². The van der Waals surface area contributed by atoms with Gasteiger partial charge in [0.25, 0.3) is 11.7 Å². The highest BCUT2D eigenvalue weighted by atomic mass is 32.1. The minimum Gasteiger partial charge on any atom is -0.507 e. The highest BCUT2D eigenvalue weighted by Gasteiger charge is 2.46. The summed E-state index contributed by atoms with van der Waals surface area (Å²) in [6.45, 7) is 8.48. The lowest BCUT2D eigenvalue weighted by Gasteiger charge is -2.25. The Balaban J connectivity index is 2.06. The molecule has 0 bridgehead atoms. The lowest BCUT2D eigenvalue weighted by molar-refractivity contribution is -0.140. The van der Waals surface area contributed by atoms with Gasteiger partial charge < -0.3 is 14.7 Å². The third kappa shape index (κ3) is 4.28. The number of ketones is 1. The molecule has 2 aromatic rings. The number of benzene rings is 1. The molecule has 0 saturated carbocycles. The van der Waals surface area contributed by atoms with Crippen LogP contribution in [-0.4, -0.2) is 41.0 Å². The van der Waals surface area contributed by atoms with Crippen LogP contribution in [0.2, 0.25) is 0 Å². The quantitative estimate of drug-likeness (QED) is 0.413. The standard InChI is InChI=1S/C23H27NO4S/c1-5-16-6-8-17(9-7-16)20(25)18-19(22-15(4)10-13-29-22)24(23(27)21(18)26)11-12-28-14(2)3/h6-10,13-14,19,25H,5,11-12H2,1-4H3/b20-18-. The van der Waals surface area contributed by atoms with E-state index in [9.17, 15) is 14.7 Å². The zero-order valence-corrected chi connectivity index (χ0v) is 18.1. The molecule has 0 radical (unpaired) electrons. The van der Waals surface area contributed by atoms with Crippen molar-refractivity contribution >= 4 is 28.8 Å². The van der Waals surface area contributed by atoms with Gasteiger partial charge in [0.05, 0.1) is 24.3 Å². The van der Waals surface area contributed by atoms with Gasteiger partial charge in [0.1, 0.15) is 5.76 Å². The second-order valence-electron chi connectivity index (χ2n) is 7.43. The summed E-state index contributed by atoms with van der Waals surface area (Å²) >= 11 is 1.48. The van der Waals surface area contributed by atoms with Crippen LogP contribution in [-0.2, 0) is 20.7 Å². The molecule has 1 saturated heterocycles. The number of nitrogens with zero attached hydrogens (tertiary/aromatic N) is 1. The van der Waals surface area contributed by atoms with Crippen LogP contribution in [0.25, 0.3) is 5.76 Å². The number of ether oxygens (including phenoxy) is 1. The van der Waals surface area contributed by atoms with Crippen molar-refractivity contribution < 1.29 is 19.4 Å². The first-order valence-electron chi connectivity index (χ1n) is 9.88. The minimum absolute atomic E-state index is 0.0332. The summed E-state index contributed by atoms with van der Waals surface area (Å²) in [7, 11) is 0. The van der Waals surface area contributed by atoms with E-state index >= 15 is 0 Å². The number of likely N-dealkylation sites (tertiary alicyclic amines) is 1. The summed E-state index contributed by atoms with van der Waals surface area (Å²) in [5.41, 5.74) is 2.81. The first-order valence-corrected chi connectivity index (χ1v) is 10.8. The van der Waals surface area contributed by atoms with Crippen LogP contribution in [0.15, 0.2) is 41.3 Å². The Hall–Kier alpha value is -2.44. The first kappa shape index (κ1) is 21.3. The molecule has 1 fully saturated rings. The minimum atomic E-state index is -0.649. The molecule has 1 aromatic carbocycles. The molecule has 29 heavy (non-hydrogen) atoms. The lowest BCUT2D eigenvalue weighted by Crippen LogP contribution is -2.33. The summed E-state index contributed by atoms with van der Waals surface area (Å²) in [6.07, 6.45) is 0.918. The predicted octanol–water partition coefficient (Wildman–Crippen LogP) is 4.47. The number of carbonyl (C=O) groups excluding carboxylic acids is 2. The van der Waals surface area contributed by atoms with Gasteiger partial charge in [-0.15, -0.1) is 11.3 Å². The second kappa shape index (κ2) is 8.93. The first-order chi connectivity index (χ1) is 13.8. The maximum absolute atomic E-state index is 12.9. The van der Waals surface area contributed by atoms with Crippen molar-refractivity contribution in [3.05, 3.63) is 62.9 Å². The van der Waals surface area contributed by atoms with Crippen LogP contribution in [0.3, 0.4) is 0 Å². The predicted molar refractivity (Wildman–Crippen MR) is 115 cm³/mol. The van der Waals surface area contributed by atoms with Gasteiger partial charge in [0.15, 0.2) is 0 Å². The van der Waals surface area contributed by atoms with Gasteiger partial charge in [0, 0.05) is 17.0 Å². The monoisotopic (exact) mass is 413 g/mol. The smallest absolute Gasteiger partial charge is 0.295 e. The number of hydrogen-bond acceptors (Lipinski definition) is 5. The molecule has 6 heteroatoms. The number of rotatable bonds is 7. The second-order valence-corrected chi connectivity index (χ2v) is 8.38. The maximum atomic E-state index is 12.9. The van der Waals surface area contributed by atoms with Gasteiger partial charge >= 0.3 is 0 Å². The zero-order valence-electron chi connectivity index (χ0n) is 17.3. The molecule has 154 valence electrons. The number of aliphatic hydroxyl groups is 1. The maximum Gasteiger partial charge on any atom is 0.295 e. The summed E-state index contributed by atoms with van der Waals surface area (Å²) in [6, 6.07) is 8.79. The van der Waals surface area contributed by atoms with Crippen molar-refractivity contribution in [2.24, 2.45) is 0 Å². The Morgan fingerprint density at radius 1 is 1.21 bits per heavy atom. The molecule has 1 amide bonds. The van der Waals surface area contributed by atoms with Gasteiger partial charge in [-0.25, -0.2) is 0 Å². The SMILES string of the molecule is CCc1ccc(/C(O)=C2/C(=O)C(=O)N(CCOC(C)C)C2c2sccc2C)cc1. The zero-order chi connectivity index (χ0) is 21.1. The van der Waals surface area contributed by atoms with E-state index in [0.717, 1.165) is 22.4 Å². The van der Waals surface area contributed by atoms with Gasteiger partial charge in [-0.2, -0.15) is 0 Å². The third-order valence-corrected chi connectivity index (χ3v) is 6.18. The number of aryl methyl sites for hydroxylation is 2. The Morgan fingerprint density at radius 3 is 2.45 bits per heavy atom. The molecular formula is C23H27NO4S. The Morgan fingerprint density at radius 2 is 1.90 bits per heavy atom. The molecule has 1 aliphatic heterocycles. The van der Waals surface area contributed by atoms with Gasteiger partial charge in [-0.05, 0) is 49.8 Å². The van der Waals surface area contributed by atoms with Crippen LogP contribution in [0, 0.1) is 6.92 Å². The van der Waals surface area contributed by atoms with E-state index in [4.69, 9.17) is 4.74 Å². The molecule has 5 nitrogen and oxygen atoms in total. The summed E-state index contributed by atoms with van der Waals surface area (Å²) < 4.78 is 5.61. The Kier molecular flexibility index (Phi) is 6.55. The highest BCUT2D eigenvalue weighted by Crippen LogP contribution is 2.42. The molecule has 2 heterocycles. The molecule has 1 aromatic heterocycles. The average molecular weight is 414 g/mol. The van der Waals surface area contributed by atoms with Crippen molar-refractivity contribution in [3.8, 4) is 0 Å². The van der Waals surface area contributed by atoms with Crippen LogP contribution in [0.5, 0.6) is 0 Å². The normalized spacial score (nSPS) is 18.8. The van der Waals surface area contributed by atoms with Gasteiger partial charge in [-0.3, -0.25) is 9.59 Å². The molecule has 0 spiro atoms. The molecule has 1 aliphatic rings. The van der Waals surface area contributed by atoms with Crippen LogP contribution in [0.4, 0.5) is 0 Å². The fraction of sp³-hybridized carbons (Fsp3) is 0.391. The molecule has 1 N–H and O–H groups in total. The van der Waals surface area contributed by atoms with Gasteiger partial charge in [0.2, 0.25) is 0 Å². The molecule has 3 rings (SSSR count). The number of carbonyl (C=O) groups is 2. The van der Waals surface area contributed by atoms with Crippen molar-refractivity contribution in [2.75, 3.05) is 13.2 Å². The van der Waals surface area contributed by atoms with Crippen LogP contribution in [0.1, 0.15) is 48.4 Å². The number of hydrogen-bond donors (Lipinski definition) is 1. The lowest BCUT2D eigenvalue weighted by atomic mass is 9.97. The molecule has 1 unspecified atom stereocenters. The number of thiophene rings is 1. The average Bonchev–Trinajstić information content (AvgIpc) is 3.23. The van der Waals surface area contributed by atoms with E-state index in [1.165, 1.54) is 16.2 Å². The highest BCUT2D eigenvalue weighted by molar-refractivity contribution is 7.10. The van der Waals surface area contributed by atoms with Crippen molar-refractivity contribution in [2.45, 2.75) is 46.3 Å². The van der Waals surface area contributed by atoms with Crippen LogP contribution >= 0.6 is 11.3 Å². The fourth-order valence-corrected chi connectivity index (χ4v) is 4.54. The molecule has 1 atom stereocenters. The summed E-state index contributed by atoms with van der Waals surface area (Å²) in [4.78, 5) is 28.2. The summed E-state index contributed by atoms with van der Waals surface area (Å²) in [5.74, 6) is -1.37. The third-order valence-electron chi connectivity index (χ3n) is 5.11. The molecular weight excluding hydrogens is 386 g/mol. The number of aliphatic hydroxyl groups excluding tert-OH is 1. The van der Waals surface area contributed by atoms with E-state index in [1.807, 2.05) is 44.4 Å². The van der Waals surface area contributed by atoms with Crippen molar-refractivity contribution in [1.29, 1.82) is 0 Å². The van der Waals surface area contributed by atoms with E-state index in [2.05, 4.69) is 6.92 Å². The Bertz CT molecular complexity index is 927. The fourth-order valence-electron chi connectivity index (χ4n) is 3.49. The topological polar surface area (TPSA) is 66.8 Å². The van der Waals surface area contributed by atoms with E-state index < -0.39 is 17.7 Å². The van der Waals surface area contributed by atoms with Crippen molar-refractivity contribution in [1.82, 2.24) is 4.90 Å². The number of amides is 1. The largest absolute Gasteiger partial charge is 0.507 e. The van der Waals surface area contributed by atoms with Crippen molar-refractivity contribution in [3.63, 3.8) is 0 Å². The van der Waals surface area contributed by atoms with Gasteiger partial charge in [-0.1, -0.05) is 31.2 Å². The molecule has 0 aliphatic carbocycles. The number of Topliss-reactive ketones (excluding diaryl/α,β-unsaturated/α-hetero) is 1. The van der Waals surface area contributed by atoms with Crippen LogP contribution < -0.4 is 0 Å². The summed E-state index contributed by atoms with van der Waals surface area (Å²) in [5, 5.41) is 13.0. The Labute approximate surface area is 175 Å². The van der Waals surface area contributed by atoms with E-state index in [1.54, 1.807) is 12.1 Å². The van der Waals surface area contributed by atoms with E-state index in [0.29, 0.717) is 12.2 Å².